The zero-order chi connectivity index (χ0) is 15.5. The number of rotatable bonds is 3. The highest BCUT2D eigenvalue weighted by molar-refractivity contribution is 6.04. The lowest BCUT2D eigenvalue weighted by atomic mass is 10.1. The van der Waals surface area contributed by atoms with Gasteiger partial charge in [-0.05, 0) is 66.8 Å². The van der Waals surface area contributed by atoms with Crippen LogP contribution in [0.15, 0.2) is 42.5 Å². The van der Waals surface area contributed by atoms with Crippen LogP contribution in [-0.2, 0) is 17.6 Å². The number of benzene rings is 2. The van der Waals surface area contributed by atoms with Crippen molar-refractivity contribution >= 4 is 17.6 Å². The molecular weight excluding hydrogens is 278 g/mol. The maximum Gasteiger partial charge on any atom is 0.308 e. The van der Waals surface area contributed by atoms with Crippen molar-refractivity contribution in [2.75, 3.05) is 5.32 Å². The van der Waals surface area contributed by atoms with Gasteiger partial charge in [0.15, 0.2) is 0 Å². The number of carbonyl (C=O) groups excluding carboxylic acids is 2. The van der Waals surface area contributed by atoms with E-state index in [4.69, 9.17) is 4.74 Å². The minimum Gasteiger partial charge on any atom is -0.427 e. The molecule has 0 aliphatic heterocycles. The Balaban J connectivity index is 1.70. The van der Waals surface area contributed by atoms with Crippen LogP contribution in [0.4, 0.5) is 5.69 Å². The second-order valence-corrected chi connectivity index (χ2v) is 5.41. The van der Waals surface area contributed by atoms with Gasteiger partial charge in [0.2, 0.25) is 0 Å². The van der Waals surface area contributed by atoms with Gasteiger partial charge in [-0.2, -0.15) is 0 Å². The largest absolute Gasteiger partial charge is 0.427 e. The first-order valence-electron chi connectivity index (χ1n) is 7.33. The molecule has 3 rings (SSSR count). The summed E-state index contributed by atoms with van der Waals surface area (Å²) in [7, 11) is 0. The highest BCUT2D eigenvalue weighted by atomic mass is 16.5. The van der Waals surface area contributed by atoms with Gasteiger partial charge in [0.05, 0.1) is 0 Å². The van der Waals surface area contributed by atoms with Crippen molar-refractivity contribution in [2.45, 2.75) is 26.2 Å². The molecule has 0 atom stereocenters. The minimum atomic E-state index is -0.379. The molecule has 1 aliphatic carbocycles. The molecule has 0 fully saturated rings. The van der Waals surface area contributed by atoms with Crippen molar-refractivity contribution in [3.8, 4) is 5.75 Å². The molecule has 0 saturated heterocycles. The summed E-state index contributed by atoms with van der Waals surface area (Å²) in [5.74, 6) is -0.121. The fourth-order valence-electron chi connectivity index (χ4n) is 2.69. The van der Waals surface area contributed by atoms with E-state index in [2.05, 4.69) is 11.4 Å². The van der Waals surface area contributed by atoms with E-state index in [1.54, 1.807) is 24.3 Å². The summed E-state index contributed by atoms with van der Waals surface area (Å²) >= 11 is 0. The van der Waals surface area contributed by atoms with Crippen LogP contribution in [0.25, 0.3) is 0 Å². The van der Waals surface area contributed by atoms with E-state index in [-0.39, 0.29) is 11.9 Å². The minimum absolute atomic E-state index is 0.174. The molecule has 0 bridgehead atoms. The second kappa shape index (κ2) is 6.02. The standard InChI is InChI=1S/C18H17NO3/c1-12(20)22-17-9-6-14(7-10-17)18(21)19-16-8-5-13-3-2-4-15(13)11-16/h5-11H,2-4H2,1H3,(H,19,21). The normalized spacial score (nSPS) is 12.6. The fraction of sp³-hybridized carbons (Fsp3) is 0.222. The van der Waals surface area contributed by atoms with Gasteiger partial charge in [-0.15, -0.1) is 0 Å². The van der Waals surface area contributed by atoms with Gasteiger partial charge in [0.25, 0.3) is 5.91 Å². The number of ether oxygens (including phenoxy) is 1. The summed E-state index contributed by atoms with van der Waals surface area (Å²) < 4.78 is 4.95. The van der Waals surface area contributed by atoms with E-state index in [1.807, 2.05) is 12.1 Å². The number of nitrogens with one attached hydrogen (secondary N) is 1. The van der Waals surface area contributed by atoms with Crippen LogP contribution in [0.2, 0.25) is 0 Å². The van der Waals surface area contributed by atoms with Crippen molar-refractivity contribution in [3.05, 3.63) is 59.2 Å². The van der Waals surface area contributed by atoms with E-state index in [9.17, 15) is 9.59 Å². The van der Waals surface area contributed by atoms with E-state index >= 15 is 0 Å². The molecule has 1 aliphatic rings. The SMILES string of the molecule is CC(=O)Oc1ccc(C(=O)Nc2ccc3c(c2)CCC3)cc1. The van der Waals surface area contributed by atoms with E-state index in [0.29, 0.717) is 11.3 Å². The predicted molar refractivity (Wildman–Crippen MR) is 84.2 cm³/mol. The molecule has 0 heterocycles. The van der Waals surface area contributed by atoms with Gasteiger partial charge in [0, 0.05) is 18.2 Å². The molecule has 0 spiro atoms. The van der Waals surface area contributed by atoms with Gasteiger partial charge in [0.1, 0.15) is 5.75 Å². The number of carbonyl (C=O) groups is 2. The first kappa shape index (κ1) is 14.3. The number of hydrogen-bond acceptors (Lipinski definition) is 3. The van der Waals surface area contributed by atoms with Crippen LogP contribution in [-0.4, -0.2) is 11.9 Å². The van der Waals surface area contributed by atoms with Crippen LogP contribution in [0.1, 0.15) is 34.8 Å². The molecule has 112 valence electrons. The Labute approximate surface area is 129 Å². The zero-order valence-electron chi connectivity index (χ0n) is 12.4. The van der Waals surface area contributed by atoms with Crippen molar-refractivity contribution in [1.82, 2.24) is 0 Å². The maximum atomic E-state index is 12.2. The van der Waals surface area contributed by atoms with Gasteiger partial charge in [-0.25, -0.2) is 0 Å². The molecule has 2 aromatic rings. The highest BCUT2D eigenvalue weighted by Crippen LogP contribution is 2.25. The molecule has 4 nitrogen and oxygen atoms in total. The Hall–Kier alpha value is -2.62. The Morgan fingerprint density at radius 1 is 1.00 bits per heavy atom. The average Bonchev–Trinajstić information content (AvgIpc) is 2.95. The van der Waals surface area contributed by atoms with E-state index < -0.39 is 0 Å². The zero-order valence-corrected chi connectivity index (χ0v) is 12.4. The Morgan fingerprint density at radius 2 is 1.73 bits per heavy atom. The highest BCUT2D eigenvalue weighted by Gasteiger charge is 2.12. The molecule has 22 heavy (non-hydrogen) atoms. The maximum absolute atomic E-state index is 12.2. The van der Waals surface area contributed by atoms with Gasteiger partial charge in [-0.1, -0.05) is 6.07 Å². The molecule has 0 unspecified atom stereocenters. The van der Waals surface area contributed by atoms with Crippen LogP contribution in [0.3, 0.4) is 0 Å². The average molecular weight is 295 g/mol. The molecular formula is C18H17NO3. The number of amides is 1. The summed E-state index contributed by atoms with van der Waals surface area (Å²) in [5, 5.41) is 2.90. The summed E-state index contributed by atoms with van der Waals surface area (Å²) in [6.45, 7) is 1.34. The molecule has 2 aromatic carbocycles. The van der Waals surface area contributed by atoms with Crippen molar-refractivity contribution < 1.29 is 14.3 Å². The van der Waals surface area contributed by atoms with E-state index in [1.165, 1.54) is 24.5 Å². The number of aryl methyl sites for hydroxylation is 2. The molecule has 1 N–H and O–H groups in total. The van der Waals surface area contributed by atoms with Crippen molar-refractivity contribution in [2.24, 2.45) is 0 Å². The van der Waals surface area contributed by atoms with Crippen LogP contribution in [0, 0.1) is 0 Å². The third kappa shape index (κ3) is 3.17. The topological polar surface area (TPSA) is 55.4 Å². The van der Waals surface area contributed by atoms with Crippen LogP contribution < -0.4 is 10.1 Å². The third-order valence-corrected chi connectivity index (χ3v) is 3.73. The molecule has 0 saturated carbocycles. The lowest BCUT2D eigenvalue weighted by Gasteiger charge is -2.08. The molecule has 0 aromatic heterocycles. The van der Waals surface area contributed by atoms with Crippen LogP contribution >= 0.6 is 0 Å². The third-order valence-electron chi connectivity index (χ3n) is 3.73. The molecule has 0 radical (unpaired) electrons. The first-order valence-corrected chi connectivity index (χ1v) is 7.33. The second-order valence-electron chi connectivity index (χ2n) is 5.41. The van der Waals surface area contributed by atoms with Gasteiger partial charge >= 0.3 is 5.97 Å². The fourth-order valence-corrected chi connectivity index (χ4v) is 2.69. The van der Waals surface area contributed by atoms with Crippen molar-refractivity contribution in [1.29, 1.82) is 0 Å². The lowest BCUT2D eigenvalue weighted by molar-refractivity contribution is -0.131. The Morgan fingerprint density at radius 3 is 2.45 bits per heavy atom. The number of esters is 1. The number of hydrogen-bond donors (Lipinski definition) is 1. The Bertz CT molecular complexity index is 720. The van der Waals surface area contributed by atoms with Gasteiger partial charge in [-0.3, -0.25) is 9.59 Å². The smallest absolute Gasteiger partial charge is 0.308 e. The summed E-state index contributed by atoms with van der Waals surface area (Å²) in [4.78, 5) is 23.1. The monoisotopic (exact) mass is 295 g/mol. The molecule has 4 heteroatoms. The van der Waals surface area contributed by atoms with E-state index in [0.717, 1.165) is 18.5 Å². The van der Waals surface area contributed by atoms with Gasteiger partial charge < -0.3 is 10.1 Å². The van der Waals surface area contributed by atoms with Crippen molar-refractivity contribution in [3.63, 3.8) is 0 Å². The summed E-state index contributed by atoms with van der Waals surface area (Å²) in [6.07, 6.45) is 3.39. The van der Waals surface area contributed by atoms with Crippen LogP contribution in [0.5, 0.6) is 5.75 Å². The number of fused-ring (bicyclic) bond motifs is 1. The first-order chi connectivity index (χ1) is 10.6. The Kier molecular flexibility index (Phi) is 3.92. The summed E-state index contributed by atoms with van der Waals surface area (Å²) in [6, 6.07) is 12.6. The predicted octanol–water partition coefficient (Wildman–Crippen LogP) is 3.35. The summed E-state index contributed by atoms with van der Waals surface area (Å²) in [5.41, 5.74) is 4.04. The quantitative estimate of drug-likeness (QED) is 0.698. The number of anilines is 1. The lowest BCUT2D eigenvalue weighted by Crippen LogP contribution is -2.12. The molecule has 1 amide bonds.